The monoisotopic (exact) mass is 343 g/mol. The van der Waals surface area contributed by atoms with Gasteiger partial charge >= 0.3 is 18.6 Å². The van der Waals surface area contributed by atoms with Gasteiger partial charge in [-0.15, -0.1) is 0 Å². The molecule has 0 N–H and O–H groups in total. The lowest BCUT2D eigenvalue weighted by molar-refractivity contribution is -0.384. The van der Waals surface area contributed by atoms with Crippen LogP contribution in [0.4, 0.5) is 14.5 Å². The van der Waals surface area contributed by atoms with Crippen LogP contribution in [-0.4, -0.2) is 29.3 Å². The number of ether oxygens (including phenoxy) is 3. The zero-order valence-electron chi connectivity index (χ0n) is 12.4. The Hall–Kier alpha value is -3.04. The molecule has 1 aliphatic rings. The molecule has 1 aromatic carbocycles. The first kappa shape index (κ1) is 17.3. The number of alkyl halides is 2. The Balaban J connectivity index is 2.49. The average molecular weight is 343 g/mol. The summed E-state index contributed by atoms with van der Waals surface area (Å²) in [6.07, 6.45) is 0.838. The third-order valence-corrected chi connectivity index (χ3v) is 2.84. The van der Waals surface area contributed by atoms with E-state index in [1.165, 1.54) is 13.8 Å². The number of nitro groups is 1. The number of carbonyl (C=O) groups excluding carboxylic acids is 2. The third-order valence-electron chi connectivity index (χ3n) is 2.84. The second-order valence-corrected chi connectivity index (χ2v) is 5.09. The number of rotatable bonds is 4. The molecule has 0 unspecified atom stereocenters. The second kappa shape index (κ2) is 6.22. The highest BCUT2D eigenvalue weighted by Gasteiger charge is 2.39. The van der Waals surface area contributed by atoms with Crippen LogP contribution < -0.4 is 4.74 Å². The molecule has 1 aromatic rings. The Kier molecular flexibility index (Phi) is 4.49. The van der Waals surface area contributed by atoms with Crippen LogP contribution in [0.2, 0.25) is 0 Å². The van der Waals surface area contributed by atoms with E-state index in [-0.39, 0.29) is 5.56 Å². The Labute approximate surface area is 133 Å². The topological polar surface area (TPSA) is 105 Å². The maximum atomic E-state index is 12.4. The van der Waals surface area contributed by atoms with E-state index in [9.17, 15) is 28.5 Å². The summed E-state index contributed by atoms with van der Waals surface area (Å²) in [6.45, 7) is -0.538. The van der Waals surface area contributed by atoms with Gasteiger partial charge in [-0.05, 0) is 12.1 Å². The number of halogens is 2. The van der Waals surface area contributed by atoms with Gasteiger partial charge in [0.25, 0.3) is 11.5 Å². The molecule has 24 heavy (non-hydrogen) atoms. The second-order valence-electron chi connectivity index (χ2n) is 5.09. The highest BCUT2D eigenvalue weighted by atomic mass is 19.3. The summed E-state index contributed by atoms with van der Waals surface area (Å²) in [5.74, 6) is -4.03. The van der Waals surface area contributed by atoms with Crippen molar-refractivity contribution in [2.75, 3.05) is 0 Å². The fourth-order valence-electron chi connectivity index (χ4n) is 1.90. The quantitative estimate of drug-likeness (QED) is 0.272. The molecule has 0 aliphatic carbocycles. The first-order chi connectivity index (χ1) is 11.1. The molecule has 10 heteroatoms. The van der Waals surface area contributed by atoms with Gasteiger partial charge in [-0.25, -0.2) is 9.59 Å². The Morgan fingerprint density at radius 3 is 2.33 bits per heavy atom. The average Bonchev–Trinajstić information content (AvgIpc) is 2.42. The van der Waals surface area contributed by atoms with Gasteiger partial charge in [0, 0.05) is 31.5 Å². The number of nitrogens with zero attached hydrogens (tertiary/aromatic N) is 1. The highest BCUT2D eigenvalue weighted by Crippen LogP contribution is 2.30. The van der Waals surface area contributed by atoms with Crippen LogP contribution >= 0.6 is 0 Å². The molecule has 2 rings (SSSR count). The van der Waals surface area contributed by atoms with Crippen LogP contribution in [0.15, 0.2) is 23.8 Å². The van der Waals surface area contributed by atoms with Gasteiger partial charge in [0.1, 0.15) is 11.3 Å². The minimum absolute atomic E-state index is 0.270. The zero-order chi connectivity index (χ0) is 18.1. The van der Waals surface area contributed by atoms with Crippen LogP contribution in [0.5, 0.6) is 5.75 Å². The number of non-ortho nitro benzene ring substituents is 1. The minimum atomic E-state index is -3.20. The zero-order valence-corrected chi connectivity index (χ0v) is 12.4. The fourth-order valence-corrected chi connectivity index (χ4v) is 1.90. The van der Waals surface area contributed by atoms with Crippen molar-refractivity contribution in [1.29, 1.82) is 0 Å². The minimum Gasteiger partial charge on any atom is -0.434 e. The Morgan fingerprint density at radius 1 is 1.25 bits per heavy atom. The number of benzene rings is 1. The number of hydrogen-bond acceptors (Lipinski definition) is 7. The van der Waals surface area contributed by atoms with E-state index in [0.29, 0.717) is 0 Å². The van der Waals surface area contributed by atoms with E-state index < -0.39 is 46.3 Å². The maximum Gasteiger partial charge on any atom is 0.387 e. The molecule has 0 radical (unpaired) electrons. The predicted molar refractivity (Wildman–Crippen MR) is 74.0 cm³/mol. The number of carbonyl (C=O) groups is 2. The summed E-state index contributed by atoms with van der Waals surface area (Å²) in [5.41, 5.74) is -1.32. The molecule has 1 saturated heterocycles. The van der Waals surface area contributed by atoms with Gasteiger partial charge in [-0.2, -0.15) is 8.78 Å². The molecular weight excluding hydrogens is 332 g/mol. The molecule has 128 valence electrons. The van der Waals surface area contributed by atoms with Crippen molar-refractivity contribution in [1.82, 2.24) is 0 Å². The van der Waals surface area contributed by atoms with Gasteiger partial charge in [0.05, 0.1) is 4.92 Å². The van der Waals surface area contributed by atoms with E-state index in [4.69, 9.17) is 9.47 Å². The Bertz CT molecular complexity index is 721. The van der Waals surface area contributed by atoms with Crippen LogP contribution in [0.1, 0.15) is 19.4 Å². The molecular formula is C14H11F2NO7. The van der Waals surface area contributed by atoms with Crippen molar-refractivity contribution in [2.24, 2.45) is 0 Å². The first-order valence-corrected chi connectivity index (χ1v) is 6.51. The molecule has 0 aromatic heterocycles. The molecule has 1 heterocycles. The van der Waals surface area contributed by atoms with Crippen molar-refractivity contribution in [3.63, 3.8) is 0 Å². The summed E-state index contributed by atoms with van der Waals surface area (Å²) in [7, 11) is 0. The summed E-state index contributed by atoms with van der Waals surface area (Å²) in [5, 5.41) is 10.8. The van der Waals surface area contributed by atoms with Gasteiger partial charge in [0.15, 0.2) is 0 Å². The van der Waals surface area contributed by atoms with E-state index in [1.54, 1.807) is 0 Å². The van der Waals surface area contributed by atoms with Crippen LogP contribution in [0, 0.1) is 10.1 Å². The van der Waals surface area contributed by atoms with Crippen molar-refractivity contribution in [2.45, 2.75) is 26.2 Å². The molecule has 1 fully saturated rings. The molecule has 0 saturated carbocycles. The molecule has 8 nitrogen and oxygen atoms in total. The fraction of sp³-hybridized carbons (Fsp3) is 0.286. The van der Waals surface area contributed by atoms with Crippen LogP contribution in [0.3, 0.4) is 0 Å². The van der Waals surface area contributed by atoms with Gasteiger partial charge in [0.2, 0.25) is 0 Å². The molecule has 0 bridgehead atoms. The predicted octanol–water partition coefficient (Wildman–Crippen LogP) is 2.42. The maximum absolute atomic E-state index is 12.4. The van der Waals surface area contributed by atoms with E-state index in [1.807, 2.05) is 0 Å². The smallest absolute Gasteiger partial charge is 0.387 e. The summed E-state index contributed by atoms with van der Waals surface area (Å²) in [4.78, 5) is 33.8. The number of esters is 2. The molecule has 0 spiro atoms. The van der Waals surface area contributed by atoms with Crippen molar-refractivity contribution < 1.29 is 37.5 Å². The SMILES string of the molecule is CC1(C)OC(=O)C(=Cc2cc([N+](=O)[O-])ccc2OC(F)F)C(=O)O1. The summed E-state index contributed by atoms with van der Waals surface area (Å²) < 4.78 is 38.8. The number of hydrogen-bond donors (Lipinski definition) is 0. The van der Waals surface area contributed by atoms with Gasteiger partial charge < -0.3 is 14.2 Å². The van der Waals surface area contributed by atoms with E-state index in [2.05, 4.69) is 4.74 Å². The van der Waals surface area contributed by atoms with Crippen LogP contribution in [-0.2, 0) is 19.1 Å². The normalized spacial score (nSPS) is 16.5. The number of nitro benzene ring substituents is 1. The summed E-state index contributed by atoms with van der Waals surface area (Å²) >= 11 is 0. The standard InChI is InChI=1S/C14H11F2NO7/c1-14(2)23-11(18)9(12(19)24-14)6-7-5-8(17(20)21)3-4-10(7)22-13(15)16/h3-6,13H,1-2H3. The molecule has 0 amide bonds. The van der Waals surface area contributed by atoms with Crippen molar-refractivity contribution in [3.05, 3.63) is 39.4 Å². The van der Waals surface area contributed by atoms with Crippen LogP contribution in [0.25, 0.3) is 6.08 Å². The van der Waals surface area contributed by atoms with Crippen molar-refractivity contribution in [3.8, 4) is 5.75 Å². The van der Waals surface area contributed by atoms with E-state index in [0.717, 1.165) is 24.3 Å². The molecule has 0 atom stereocenters. The summed E-state index contributed by atoms with van der Waals surface area (Å²) in [6, 6.07) is 2.76. The molecule has 1 aliphatic heterocycles. The third kappa shape index (κ3) is 3.83. The lowest BCUT2D eigenvalue weighted by Gasteiger charge is -2.29. The largest absolute Gasteiger partial charge is 0.434 e. The van der Waals surface area contributed by atoms with E-state index >= 15 is 0 Å². The Morgan fingerprint density at radius 2 is 1.83 bits per heavy atom. The first-order valence-electron chi connectivity index (χ1n) is 6.51. The number of cyclic esters (lactones) is 2. The van der Waals surface area contributed by atoms with Crippen molar-refractivity contribution >= 4 is 23.7 Å². The lowest BCUT2D eigenvalue weighted by Crippen LogP contribution is -2.41. The lowest BCUT2D eigenvalue weighted by atomic mass is 10.1. The van der Waals surface area contributed by atoms with Gasteiger partial charge in [-0.3, -0.25) is 10.1 Å². The van der Waals surface area contributed by atoms with Gasteiger partial charge in [-0.1, -0.05) is 0 Å². The highest BCUT2D eigenvalue weighted by molar-refractivity contribution is 6.19.